The first-order valence-electron chi connectivity index (χ1n) is 4.55. The largest absolute Gasteiger partial charge is 0.391 e. The monoisotopic (exact) mass is 263 g/mol. The summed E-state index contributed by atoms with van der Waals surface area (Å²) in [5, 5.41) is 8.68. The zero-order valence-corrected chi connectivity index (χ0v) is 10.1. The van der Waals surface area contributed by atoms with Crippen molar-refractivity contribution in [3.05, 3.63) is 34.9 Å². The molecule has 0 unspecified atom stereocenters. The smallest absolute Gasteiger partial charge is 0.285 e. The molecule has 0 radical (unpaired) electrons. The van der Waals surface area contributed by atoms with E-state index in [2.05, 4.69) is 4.36 Å². The van der Waals surface area contributed by atoms with Gasteiger partial charge in [-0.15, -0.1) is 0 Å². The van der Waals surface area contributed by atoms with Gasteiger partial charge in [0.15, 0.2) is 0 Å². The van der Waals surface area contributed by atoms with E-state index in [4.69, 9.17) is 5.11 Å². The van der Waals surface area contributed by atoms with Crippen LogP contribution in [0.1, 0.15) is 15.9 Å². The first-order valence-corrected chi connectivity index (χ1v) is 6.88. The number of aliphatic hydroxyl groups excluding tert-OH is 1. The average Bonchev–Trinajstić information content (AvgIpc) is 2.14. The molecule has 0 atom stereocenters. The summed E-state index contributed by atoms with van der Waals surface area (Å²) in [6, 6.07) is 1.51. The van der Waals surface area contributed by atoms with Gasteiger partial charge in [-0.05, 0) is 12.1 Å². The summed E-state index contributed by atoms with van der Waals surface area (Å²) in [5.74, 6) is -3.03. The maximum absolute atomic E-state index is 13.2. The van der Waals surface area contributed by atoms with Crippen LogP contribution in [-0.4, -0.2) is 27.7 Å². The van der Waals surface area contributed by atoms with E-state index >= 15 is 0 Å². The number of nitrogens with zero attached hydrogens (tertiary/aromatic N) is 1. The highest BCUT2D eigenvalue weighted by molar-refractivity contribution is 7.92. The van der Waals surface area contributed by atoms with E-state index in [1.807, 2.05) is 0 Å². The van der Waals surface area contributed by atoms with Crippen molar-refractivity contribution < 1.29 is 22.9 Å². The molecule has 7 heteroatoms. The summed E-state index contributed by atoms with van der Waals surface area (Å²) in [4.78, 5) is 11.4. The summed E-state index contributed by atoms with van der Waals surface area (Å²) in [6.45, 7) is -0.804. The molecule has 0 aliphatic carbocycles. The maximum Gasteiger partial charge on any atom is 0.285 e. The summed E-state index contributed by atoms with van der Waals surface area (Å²) in [5.41, 5.74) is -0.857. The van der Waals surface area contributed by atoms with Gasteiger partial charge in [-0.25, -0.2) is 13.0 Å². The molecular weight excluding hydrogens is 252 g/mol. The number of benzene rings is 1. The summed E-state index contributed by atoms with van der Waals surface area (Å²) in [6.07, 6.45) is 2.47. The fraction of sp³-hybridized carbons (Fsp3) is 0.300. The molecule has 1 rings (SSSR count). The van der Waals surface area contributed by atoms with Gasteiger partial charge in [-0.2, -0.15) is 4.36 Å². The fourth-order valence-corrected chi connectivity index (χ4v) is 1.63. The molecule has 1 amide bonds. The van der Waals surface area contributed by atoms with E-state index in [-0.39, 0.29) is 5.56 Å². The minimum Gasteiger partial charge on any atom is -0.391 e. The van der Waals surface area contributed by atoms with Crippen LogP contribution in [0.2, 0.25) is 0 Å². The topological polar surface area (TPSA) is 66.7 Å². The number of hydrogen-bond acceptors (Lipinski definition) is 3. The van der Waals surface area contributed by atoms with Crippen LogP contribution < -0.4 is 0 Å². The van der Waals surface area contributed by atoms with Crippen LogP contribution in [0.5, 0.6) is 0 Å². The van der Waals surface area contributed by atoms with E-state index in [1.165, 1.54) is 12.5 Å². The van der Waals surface area contributed by atoms with Crippen molar-refractivity contribution in [2.24, 2.45) is 4.36 Å². The standard InChI is InChI=1S/C10H11F2NO3S/c1-17(2,16)13-10(15)6-3-8(11)7(5-14)9(12)4-6/h3-4,14H,5H2,1-2H3. The van der Waals surface area contributed by atoms with Gasteiger partial charge in [-0.1, -0.05) is 0 Å². The molecule has 94 valence electrons. The number of halogens is 2. The second-order valence-corrected chi connectivity index (χ2v) is 6.20. The predicted molar refractivity (Wildman–Crippen MR) is 59.0 cm³/mol. The van der Waals surface area contributed by atoms with Crippen LogP contribution in [0.15, 0.2) is 16.5 Å². The Morgan fingerprint density at radius 1 is 1.35 bits per heavy atom. The van der Waals surface area contributed by atoms with Gasteiger partial charge in [0.1, 0.15) is 11.6 Å². The third-order valence-electron chi connectivity index (χ3n) is 1.85. The van der Waals surface area contributed by atoms with E-state index in [9.17, 15) is 17.8 Å². The molecular formula is C10H11F2NO3S. The quantitative estimate of drug-likeness (QED) is 0.875. The Hall–Kier alpha value is -1.34. The van der Waals surface area contributed by atoms with Gasteiger partial charge in [0.05, 0.1) is 6.61 Å². The highest BCUT2D eigenvalue weighted by atomic mass is 32.2. The highest BCUT2D eigenvalue weighted by Gasteiger charge is 2.14. The third kappa shape index (κ3) is 3.57. The molecule has 17 heavy (non-hydrogen) atoms. The molecule has 0 aliphatic rings. The van der Waals surface area contributed by atoms with Gasteiger partial charge in [0, 0.05) is 33.4 Å². The Morgan fingerprint density at radius 3 is 2.18 bits per heavy atom. The van der Waals surface area contributed by atoms with E-state index in [0.29, 0.717) is 0 Å². The second kappa shape index (κ2) is 4.89. The lowest BCUT2D eigenvalue weighted by Crippen LogP contribution is -2.05. The molecule has 0 aliphatic heterocycles. The normalized spacial score (nSPS) is 11.4. The van der Waals surface area contributed by atoms with Crippen molar-refractivity contribution in [3.8, 4) is 0 Å². The molecule has 0 saturated heterocycles. The number of aliphatic hydroxyl groups is 1. The molecule has 0 spiro atoms. The number of amides is 1. The van der Waals surface area contributed by atoms with Crippen LogP contribution in [0.3, 0.4) is 0 Å². The van der Waals surface area contributed by atoms with Gasteiger partial charge in [0.2, 0.25) is 0 Å². The Labute approximate surface area is 97.5 Å². The van der Waals surface area contributed by atoms with E-state index < -0.39 is 39.4 Å². The van der Waals surface area contributed by atoms with E-state index in [0.717, 1.165) is 12.1 Å². The first kappa shape index (κ1) is 13.7. The Balaban J connectivity index is 3.27. The minimum absolute atomic E-state index is 0.339. The van der Waals surface area contributed by atoms with Crippen LogP contribution in [-0.2, 0) is 16.3 Å². The summed E-state index contributed by atoms with van der Waals surface area (Å²) in [7, 11) is -2.68. The first-order chi connectivity index (χ1) is 7.74. The second-order valence-electron chi connectivity index (χ2n) is 3.65. The van der Waals surface area contributed by atoms with Crippen molar-refractivity contribution >= 4 is 15.6 Å². The minimum atomic E-state index is -2.68. The van der Waals surface area contributed by atoms with Crippen LogP contribution in [0.25, 0.3) is 0 Å². The van der Waals surface area contributed by atoms with Crippen LogP contribution in [0.4, 0.5) is 8.78 Å². The molecule has 1 aromatic rings. The lowest BCUT2D eigenvalue weighted by atomic mass is 10.1. The SMILES string of the molecule is CS(C)(=O)=NC(=O)c1cc(F)c(CO)c(F)c1. The lowest BCUT2D eigenvalue weighted by molar-refractivity contribution is 0.100. The molecule has 1 N–H and O–H groups in total. The van der Waals surface area contributed by atoms with Crippen molar-refractivity contribution in [2.45, 2.75) is 6.61 Å². The Bertz CT molecular complexity index is 546. The number of hydrogen-bond donors (Lipinski definition) is 1. The zero-order chi connectivity index (χ0) is 13.2. The van der Waals surface area contributed by atoms with Gasteiger partial charge >= 0.3 is 0 Å². The van der Waals surface area contributed by atoms with Crippen molar-refractivity contribution in [2.75, 3.05) is 12.5 Å². The van der Waals surface area contributed by atoms with Crippen molar-refractivity contribution in [1.29, 1.82) is 0 Å². The molecule has 1 aromatic carbocycles. The molecule has 0 fully saturated rings. The van der Waals surface area contributed by atoms with Crippen molar-refractivity contribution in [3.63, 3.8) is 0 Å². The third-order valence-corrected chi connectivity index (χ3v) is 2.45. The maximum atomic E-state index is 13.2. The zero-order valence-electron chi connectivity index (χ0n) is 9.24. The number of carbonyl (C=O) groups excluding carboxylic acids is 1. The van der Waals surface area contributed by atoms with Crippen molar-refractivity contribution in [1.82, 2.24) is 0 Å². The lowest BCUT2D eigenvalue weighted by Gasteiger charge is -2.03. The molecule has 4 nitrogen and oxygen atoms in total. The summed E-state index contributed by atoms with van der Waals surface area (Å²) >= 11 is 0. The molecule has 0 bridgehead atoms. The van der Waals surface area contributed by atoms with Gasteiger partial charge < -0.3 is 5.11 Å². The molecule has 0 saturated carbocycles. The predicted octanol–water partition coefficient (Wildman–Crippen LogP) is 1.32. The van der Waals surface area contributed by atoms with Crippen LogP contribution in [0, 0.1) is 11.6 Å². The molecule has 0 heterocycles. The van der Waals surface area contributed by atoms with Gasteiger partial charge in [0.25, 0.3) is 5.91 Å². The van der Waals surface area contributed by atoms with Crippen LogP contribution >= 0.6 is 0 Å². The number of rotatable bonds is 2. The average molecular weight is 263 g/mol. The molecule has 0 aromatic heterocycles. The Morgan fingerprint density at radius 2 is 1.82 bits per heavy atom. The fourth-order valence-electron chi connectivity index (χ4n) is 1.13. The highest BCUT2D eigenvalue weighted by Crippen LogP contribution is 2.16. The van der Waals surface area contributed by atoms with Gasteiger partial charge in [-0.3, -0.25) is 4.79 Å². The Kier molecular flexibility index (Phi) is 3.94. The van der Waals surface area contributed by atoms with E-state index in [1.54, 1.807) is 0 Å². The number of carbonyl (C=O) groups is 1. The summed E-state index contributed by atoms with van der Waals surface area (Å²) < 4.78 is 41.0.